The number of nitrogens with zero attached hydrogens (tertiary/aromatic N) is 1. The number of ether oxygens (including phenoxy) is 1. The molecule has 118 valence electrons. The van der Waals surface area contributed by atoms with Crippen molar-refractivity contribution in [1.29, 1.82) is 0 Å². The fraction of sp³-hybridized carbons (Fsp3) is 0.571. The summed E-state index contributed by atoms with van der Waals surface area (Å²) in [6, 6.07) is 1.30. The molecule has 0 aliphatic carbocycles. The Balaban J connectivity index is 2.84. The number of hydrogen-bond acceptors (Lipinski definition) is 4. The number of carbonyl (C=O) groups excluding carboxylic acids is 1. The number of carboxylic acid groups (broad SMARTS) is 1. The molecular weight excluding hydrogens is 292 g/mol. The Hall–Kier alpha value is -1.60. The van der Waals surface area contributed by atoms with Crippen LogP contribution in [0.25, 0.3) is 0 Å². The third kappa shape index (κ3) is 4.71. The van der Waals surface area contributed by atoms with Crippen molar-refractivity contribution in [1.82, 2.24) is 4.90 Å². The number of carboxylic acids is 1. The topological polar surface area (TPSA) is 78.9 Å². The zero-order valence-corrected chi connectivity index (χ0v) is 13.4. The second kappa shape index (κ2) is 8.63. The number of methoxy groups -OCH3 is 1. The molecule has 0 aliphatic rings. The van der Waals surface area contributed by atoms with E-state index in [4.69, 9.17) is 9.84 Å². The molecule has 7 heteroatoms. The molecule has 1 aromatic rings. The van der Waals surface area contributed by atoms with Crippen molar-refractivity contribution in [3.8, 4) is 0 Å². The molecule has 1 aromatic heterocycles. The van der Waals surface area contributed by atoms with Crippen molar-refractivity contribution in [2.75, 3.05) is 25.6 Å². The third-order valence-electron chi connectivity index (χ3n) is 3.30. The lowest BCUT2D eigenvalue weighted by atomic mass is 10.1. The van der Waals surface area contributed by atoms with Crippen molar-refractivity contribution < 1.29 is 19.4 Å². The molecule has 1 heterocycles. The van der Waals surface area contributed by atoms with Gasteiger partial charge in [-0.3, -0.25) is 5.32 Å². The van der Waals surface area contributed by atoms with E-state index in [2.05, 4.69) is 5.32 Å². The minimum Gasteiger partial charge on any atom is -0.478 e. The fourth-order valence-electron chi connectivity index (χ4n) is 2.11. The molecule has 0 saturated heterocycles. The zero-order valence-electron chi connectivity index (χ0n) is 12.6. The average Bonchev–Trinajstić information content (AvgIpc) is 2.91. The van der Waals surface area contributed by atoms with E-state index in [0.717, 1.165) is 12.8 Å². The number of nitrogens with one attached hydrogen (secondary N) is 1. The van der Waals surface area contributed by atoms with Crippen LogP contribution in [0, 0.1) is 0 Å². The van der Waals surface area contributed by atoms with Gasteiger partial charge in [0.1, 0.15) is 5.00 Å². The first kappa shape index (κ1) is 17.5. The summed E-state index contributed by atoms with van der Waals surface area (Å²) in [5.74, 6) is -1.04. The maximum atomic E-state index is 12.4. The number of anilines is 1. The molecule has 2 amide bonds. The normalized spacial score (nSPS) is 10.7. The summed E-state index contributed by atoms with van der Waals surface area (Å²) in [6.45, 7) is 4.97. The molecule has 2 N–H and O–H groups in total. The number of urea groups is 1. The van der Waals surface area contributed by atoms with Crippen LogP contribution in [0.4, 0.5) is 9.80 Å². The molecule has 0 aliphatic heterocycles. The number of thiophene rings is 1. The van der Waals surface area contributed by atoms with E-state index in [1.54, 1.807) is 17.4 Å². The van der Waals surface area contributed by atoms with Crippen LogP contribution in [0.5, 0.6) is 0 Å². The summed E-state index contributed by atoms with van der Waals surface area (Å²) < 4.78 is 5.05. The Bertz CT molecular complexity index is 471. The van der Waals surface area contributed by atoms with Gasteiger partial charge in [0, 0.05) is 19.7 Å². The summed E-state index contributed by atoms with van der Waals surface area (Å²) >= 11 is 1.20. The van der Waals surface area contributed by atoms with E-state index >= 15 is 0 Å². The Morgan fingerprint density at radius 2 is 2.10 bits per heavy atom. The highest BCUT2D eigenvalue weighted by atomic mass is 32.1. The number of hydrogen-bond donors (Lipinski definition) is 2. The first-order valence-electron chi connectivity index (χ1n) is 6.92. The molecule has 0 radical (unpaired) electrons. The highest BCUT2D eigenvalue weighted by molar-refractivity contribution is 7.14. The van der Waals surface area contributed by atoms with Gasteiger partial charge in [-0.2, -0.15) is 0 Å². The van der Waals surface area contributed by atoms with Gasteiger partial charge in [0.05, 0.1) is 12.2 Å². The number of carbonyl (C=O) groups is 2. The molecule has 1 rings (SSSR count). The van der Waals surface area contributed by atoms with Crippen LogP contribution in [0.15, 0.2) is 11.4 Å². The van der Waals surface area contributed by atoms with E-state index < -0.39 is 5.97 Å². The van der Waals surface area contributed by atoms with Crippen LogP contribution >= 0.6 is 11.3 Å². The average molecular weight is 314 g/mol. The van der Waals surface area contributed by atoms with Crippen molar-refractivity contribution in [3.05, 3.63) is 17.0 Å². The van der Waals surface area contributed by atoms with Crippen molar-refractivity contribution >= 4 is 28.3 Å². The Morgan fingerprint density at radius 3 is 2.62 bits per heavy atom. The van der Waals surface area contributed by atoms with Gasteiger partial charge >= 0.3 is 12.0 Å². The van der Waals surface area contributed by atoms with Crippen molar-refractivity contribution in [2.24, 2.45) is 0 Å². The van der Waals surface area contributed by atoms with Crippen LogP contribution in [-0.2, 0) is 4.74 Å². The van der Waals surface area contributed by atoms with Crippen LogP contribution < -0.4 is 5.32 Å². The molecule has 0 saturated carbocycles. The number of amides is 2. The van der Waals surface area contributed by atoms with Crippen molar-refractivity contribution in [3.63, 3.8) is 0 Å². The lowest BCUT2D eigenvalue weighted by Gasteiger charge is -2.30. The predicted molar refractivity (Wildman–Crippen MR) is 83.2 cm³/mol. The summed E-state index contributed by atoms with van der Waals surface area (Å²) in [6.07, 6.45) is 1.67. The Morgan fingerprint density at radius 1 is 1.43 bits per heavy atom. The molecule has 0 unspecified atom stereocenters. The quantitative estimate of drug-likeness (QED) is 0.772. The van der Waals surface area contributed by atoms with Gasteiger partial charge in [-0.05, 0) is 24.3 Å². The predicted octanol–water partition coefficient (Wildman–Crippen LogP) is 3.12. The molecule has 0 atom stereocenters. The first-order chi connectivity index (χ1) is 10.0. The Labute approximate surface area is 128 Å². The van der Waals surface area contributed by atoms with E-state index in [1.807, 2.05) is 13.8 Å². The second-order valence-electron chi connectivity index (χ2n) is 4.56. The molecule has 0 bridgehead atoms. The number of aromatic carboxylic acids is 1. The van der Waals surface area contributed by atoms with Gasteiger partial charge in [-0.1, -0.05) is 13.8 Å². The standard InChI is InChI=1S/C14H22N2O4S/c1-4-10(5-2)16(7-8-20-3)14(19)15-12-11(13(17)18)6-9-21-12/h6,9-10H,4-5,7-8H2,1-3H3,(H,15,19)(H,17,18). The van der Waals surface area contributed by atoms with Crippen LogP contribution in [0.3, 0.4) is 0 Å². The smallest absolute Gasteiger partial charge is 0.338 e. The Kier molecular flexibility index (Phi) is 7.18. The second-order valence-corrected chi connectivity index (χ2v) is 5.47. The van der Waals surface area contributed by atoms with Crippen LogP contribution in [0.1, 0.15) is 37.0 Å². The monoisotopic (exact) mass is 314 g/mol. The van der Waals surface area contributed by atoms with Gasteiger partial charge in [-0.25, -0.2) is 9.59 Å². The maximum Gasteiger partial charge on any atom is 0.338 e. The van der Waals surface area contributed by atoms with Gasteiger partial charge in [0.2, 0.25) is 0 Å². The maximum absolute atomic E-state index is 12.4. The van der Waals surface area contributed by atoms with Crippen LogP contribution in [0.2, 0.25) is 0 Å². The largest absolute Gasteiger partial charge is 0.478 e. The van der Waals surface area contributed by atoms with E-state index in [0.29, 0.717) is 18.2 Å². The molecular formula is C14H22N2O4S. The third-order valence-corrected chi connectivity index (χ3v) is 4.13. The SMILES string of the molecule is CCC(CC)N(CCOC)C(=O)Nc1sccc1C(=O)O. The van der Waals surface area contributed by atoms with E-state index in [1.165, 1.54) is 17.4 Å². The molecule has 21 heavy (non-hydrogen) atoms. The molecule has 6 nitrogen and oxygen atoms in total. The van der Waals surface area contributed by atoms with E-state index in [9.17, 15) is 9.59 Å². The molecule has 0 fully saturated rings. The molecule has 0 aromatic carbocycles. The van der Waals surface area contributed by atoms with Crippen LogP contribution in [-0.4, -0.2) is 48.3 Å². The lowest BCUT2D eigenvalue weighted by molar-refractivity contribution is 0.0698. The minimum atomic E-state index is -1.04. The first-order valence-corrected chi connectivity index (χ1v) is 7.80. The van der Waals surface area contributed by atoms with E-state index in [-0.39, 0.29) is 17.6 Å². The lowest BCUT2D eigenvalue weighted by Crippen LogP contribution is -2.44. The van der Waals surface area contributed by atoms with Gasteiger partial charge < -0.3 is 14.7 Å². The fourth-order valence-corrected chi connectivity index (χ4v) is 2.88. The van der Waals surface area contributed by atoms with Gasteiger partial charge in [0.15, 0.2) is 0 Å². The summed E-state index contributed by atoms with van der Waals surface area (Å²) in [4.78, 5) is 25.2. The van der Waals surface area contributed by atoms with Gasteiger partial charge in [0.25, 0.3) is 0 Å². The highest BCUT2D eigenvalue weighted by Gasteiger charge is 2.23. The zero-order chi connectivity index (χ0) is 15.8. The van der Waals surface area contributed by atoms with Gasteiger partial charge in [-0.15, -0.1) is 11.3 Å². The molecule has 0 spiro atoms. The number of rotatable bonds is 8. The summed E-state index contributed by atoms with van der Waals surface area (Å²) in [5.41, 5.74) is 0.115. The van der Waals surface area contributed by atoms with Crippen molar-refractivity contribution in [2.45, 2.75) is 32.7 Å². The highest BCUT2D eigenvalue weighted by Crippen LogP contribution is 2.24. The summed E-state index contributed by atoms with van der Waals surface area (Å²) in [7, 11) is 1.59. The summed E-state index contributed by atoms with van der Waals surface area (Å²) in [5, 5.41) is 13.8. The minimum absolute atomic E-state index is 0.105.